The Hall–Kier alpha value is -2.73. The molecule has 0 saturated carbocycles. The summed E-state index contributed by atoms with van der Waals surface area (Å²) < 4.78 is 0. The maximum atomic E-state index is 12.4. The van der Waals surface area contributed by atoms with Crippen LogP contribution in [-0.2, 0) is 24.0 Å². The number of carbonyl (C=O) groups excluding carboxylic acids is 3. The first kappa shape index (κ1) is 24.3. The van der Waals surface area contributed by atoms with E-state index in [9.17, 15) is 29.1 Å². The average Bonchev–Trinajstić information content (AvgIpc) is 3.17. The van der Waals surface area contributed by atoms with Crippen molar-refractivity contribution in [3.63, 3.8) is 0 Å². The lowest BCUT2D eigenvalue weighted by Gasteiger charge is -2.26. The van der Waals surface area contributed by atoms with Crippen molar-refractivity contribution in [2.24, 2.45) is 5.92 Å². The fourth-order valence-electron chi connectivity index (χ4n) is 2.80. The van der Waals surface area contributed by atoms with Crippen LogP contribution in [-0.4, -0.2) is 82.3 Å². The van der Waals surface area contributed by atoms with E-state index in [2.05, 4.69) is 21.3 Å². The van der Waals surface area contributed by atoms with Crippen LogP contribution in [0.5, 0.6) is 0 Å². The van der Waals surface area contributed by atoms with Gasteiger partial charge in [-0.25, -0.2) is 4.79 Å². The van der Waals surface area contributed by atoms with Crippen LogP contribution in [0.2, 0.25) is 0 Å². The zero-order valence-corrected chi connectivity index (χ0v) is 16.3. The lowest BCUT2D eigenvalue weighted by Crippen LogP contribution is -2.59. The molecule has 12 heteroatoms. The van der Waals surface area contributed by atoms with E-state index in [0.717, 1.165) is 6.42 Å². The SMILES string of the molecule is CC(C)C(NC(=O)C(CO)NC(=O)C1CCCN1)C(=O)NC(CC(=O)O)C(=O)O. The summed E-state index contributed by atoms with van der Waals surface area (Å²) in [6.45, 7) is 3.15. The van der Waals surface area contributed by atoms with Gasteiger partial charge in [0.05, 0.1) is 19.1 Å². The monoisotopic (exact) mass is 416 g/mol. The molecule has 4 atom stereocenters. The number of carbonyl (C=O) groups is 5. The fraction of sp³-hybridized carbons (Fsp3) is 0.706. The summed E-state index contributed by atoms with van der Waals surface area (Å²) in [6, 6.07) is -4.63. The molecule has 1 heterocycles. The second kappa shape index (κ2) is 11.3. The van der Waals surface area contributed by atoms with Crippen molar-refractivity contribution >= 4 is 29.7 Å². The normalized spacial score (nSPS) is 19.1. The molecule has 0 aromatic heterocycles. The van der Waals surface area contributed by atoms with Crippen LogP contribution in [0.4, 0.5) is 0 Å². The number of carboxylic acids is 2. The topological polar surface area (TPSA) is 194 Å². The molecule has 12 nitrogen and oxygen atoms in total. The molecule has 29 heavy (non-hydrogen) atoms. The van der Waals surface area contributed by atoms with Crippen molar-refractivity contribution < 1.29 is 39.3 Å². The van der Waals surface area contributed by atoms with Gasteiger partial charge in [-0.05, 0) is 25.3 Å². The highest BCUT2D eigenvalue weighted by molar-refractivity contribution is 5.94. The molecule has 7 N–H and O–H groups in total. The molecule has 1 fully saturated rings. The molecule has 1 aliphatic rings. The minimum Gasteiger partial charge on any atom is -0.481 e. The largest absolute Gasteiger partial charge is 0.481 e. The quantitative estimate of drug-likeness (QED) is 0.189. The summed E-state index contributed by atoms with van der Waals surface area (Å²) in [5, 5.41) is 37.1. The Kier molecular flexibility index (Phi) is 9.48. The van der Waals surface area contributed by atoms with Gasteiger partial charge in [-0.2, -0.15) is 0 Å². The third-order valence-corrected chi connectivity index (χ3v) is 4.43. The van der Waals surface area contributed by atoms with Crippen LogP contribution in [0.1, 0.15) is 33.1 Å². The minimum absolute atomic E-state index is 0.449. The Balaban J connectivity index is 2.77. The molecule has 1 aliphatic heterocycles. The van der Waals surface area contributed by atoms with E-state index in [1.807, 2.05) is 0 Å². The van der Waals surface area contributed by atoms with Crippen molar-refractivity contribution in [2.75, 3.05) is 13.2 Å². The lowest BCUT2D eigenvalue weighted by atomic mass is 10.0. The number of rotatable bonds is 11. The van der Waals surface area contributed by atoms with Crippen molar-refractivity contribution in [1.82, 2.24) is 21.3 Å². The average molecular weight is 416 g/mol. The summed E-state index contributed by atoms with van der Waals surface area (Å²) in [4.78, 5) is 58.9. The zero-order chi connectivity index (χ0) is 22.1. The van der Waals surface area contributed by atoms with Gasteiger partial charge in [0, 0.05) is 0 Å². The molecule has 0 aromatic rings. The summed E-state index contributed by atoms with van der Waals surface area (Å²) in [5.41, 5.74) is 0. The number of aliphatic carboxylic acids is 2. The second-order valence-electron chi connectivity index (χ2n) is 7.12. The van der Waals surface area contributed by atoms with Gasteiger partial charge in [0.2, 0.25) is 17.7 Å². The van der Waals surface area contributed by atoms with Gasteiger partial charge >= 0.3 is 11.9 Å². The van der Waals surface area contributed by atoms with E-state index >= 15 is 0 Å². The van der Waals surface area contributed by atoms with Crippen LogP contribution >= 0.6 is 0 Å². The summed E-state index contributed by atoms with van der Waals surface area (Å²) in [6.07, 6.45) is 0.580. The number of hydrogen-bond acceptors (Lipinski definition) is 7. The molecule has 3 amide bonds. The third-order valence-electron chi connectivity index (χ3n) is 4.43. The van der Waals surface area contributed by atoms with Gasteiger partial charge in [-0.1, -0.05) is 13.8 Å². The van der Waals surface area contributed by atoms with Gasteiger partial charge in [-0.15, -0.1) is 0 Å². The molecular formula is C17H28N4O8. The Labute approximate surface area is 167 Å². The molecule has 0 bridgehead atoms. The molecule has 0 radical (unpaired) electrons. The van der Waals surface area contributed by atoms with Gasteiger partial charge in [0.25, 0.3) is 0 Å². The summed E-state index contributed by atoms with van der Waals surface area (Å²) in [7, 11) is 0. The highest BCUT2D eigenvalue weighted by atomic mass is 16.4. The number of aliphatic hydroxyl groups excluding tert-OH is 1. The van der Waals surface area contributed by atoms with Crippen LogP contribution in [0.25, 0.3) is 0 Å². The number of amides is 3. The van der Waals surface area contributed by atoms with Gasteiger partial charge < -0.3 is 36.6 Å². The molecule has 4 unspecified atom stereocenters. The maximum Gasteiger partial charge on any atom is 0.326 e. The van der Waals surface area contributed by atoms with Crippen molar-refractivity contribution in [3.05, 3.63) is 0 Å². The Bertz CT molecular complexity index is 633. The standard InChI is InChI=1S/C17H28N4O8/c1-8(2)13(16(27)19-10(17(28)29)6-12(23)24)21-15(26)11(7-22)20-14(25)9-4-3-5-18-9/h8-11,13,18,22H,3-7H2,1-2H3,(H,19,27)(H,20,25)(H,21,26)(H,23,24)(H,28,29). The first-order chi connectivity index (χ1) is 13.6. The van der Waals surface area contributed by atoms with Gasteiger partial charge in [0.1, 0.15) is 18.1 Å². The molecule has 0 aromatic carbocycles. The van der Waals surface area contributed by atoms with E-state index in [0.29, 0.717) is 13.0 Å². The van der Waals surface area contributed by atoms with Gasteiger partial charge in [0.15, 0.2) is 0 Å². The van der Waals surface area contributed by atoms with E-state index in [-0.39, 0.29) is 0 Å². The van der Waals surface area contributed by atoms with Crippen molar-refractivity contribution in [1.29, 1.82) is 0 Å². The smallest absolute Gasteiger partial charge is 0.326 e. The fourth-order valence-corrected chi connectivity index (χ4v) is 2.80. The Morgan fingerprint density at radius 2 is 1.66 bits per heavy atom. The van der Waals surface area contributed by atoms with Gasteiger partial charge in [-0.3, -0.25) is 19.2 Å². The minimum atomic E-state index is -1.67. The van der Waals surface area contributed by atoms with Crippen molar-refractivity contribution in [2.45, 2.75) is 57.3 Å². The molecule has 164 valence electrons. The number of nitrogens with one attached hydrogen (secondary N) is 4. The van der Waals surface area contributed by atoms with E-state index in [1.165, 1.54) is 0 Å². The predicted molar refractivity (Wildman–Crippen MR) is 98.6 cm³/mol. The summed E-state index contributed by atoms with van der Waals surface area (Å²) >= 11 is 0. The molecule has 0 aliphatic carbocycles. The van der Waals surface area contributed by atoms with E-state index in [4.69, 9.17) is 10.2 Å². The third kappa shape index (κ3) is 7.66. The highest BCUT2D eigenvalue weighted by Crippen LogP contribution is 2.07. The predicted octanol–water partition coefficient (Wildman–Crippen LogP) is -2.60. The lowest BCUT2D eigenvalue weighted by molar-refractivity contribution is -0.147. The van der Waals surface area contributed by atoms with Crippen LogP contribution in [0, 0.1) is 5.92 Å². The molecule has 0 spiro atoms. The van der Waals surface area contributed by atoms with Crippen molar-refractivity contribution in [3.8, 4) is 0 Å². The maximum absolute atomic E-state index is 12.4. The van der Waals surface area contributed by atoms with E-state index < -0.39 is 72.8 Å². The second-order valence-corrected chi connectivity index (χ2v) is 7.12. The molecule has 1 saturated heterocycles. The Morgan fingerprint density at radius 3 is 2.10 bits per heavy atom. The number of carboxylic acid groups (broad SMARTS) is 2. The van der Waals surface area contributed by atoms with E-state index in [1.54, 1.807) is 13.8 Å². The van der Waals surface area contributed by atoms with Crippen LogP contribution < -0.4 is 21.3 Å². The van der Waals surface area contributed by atoms with Crippen LogP contribution in [0.15, 0.2) is 0 Å². The number of hydrogen-bond donors (Lipinski definition) is 7. The summed E-state index contributed by atoms with van der Waals surface area (Å²) in [5.74, 6) is -5.58. The molecule has 1 rings (SSSR count). The highest BCUT2D eigenvalue weighted by Gasteiger charge is 2.33. The first-order valence-corrected chi connectivity index (χ1v) is 9.26. The molecular weight excluding hydrogens is 388 g/mol. The Morgan fingerprint density at radius 1 is 1.00 bits per heavy atom. The zero-order valence-electron chi connectivity index (χ0n) is 16.3. The van der Waals surface area contributed by atoms with Crippen LogP contribution in [0.3, 0.4) is 0 Å². The first-order valence-electron chi connectivity index (χ1n) is 9.26. The number of aliphatic hydroxyl groups is 1.